The third-order valence-electron chi connectivity index (χ3n) is 6.09. The molecule has 4 heteroatoms. The summed E-state index contributed by atoms with van der Waals surface area (Å²) >= 11 is 6.30. The smallest absolute Gasteiger partial charge is 0.0920 e. The second kappa shape index (κ2) is 5.09. The lowest BCUT2D eigenvalue weighted by atomic mass is 9.90. The predicted octanol–water partition coefficient (Wildman–Crippen LogP) is 4.60. The van der Waals surface area contributed by atoms with Crippen molar-refractivity contribution in [3.8, 4) is 0 Å². The molecule has 1 aliphatic carbocycles. The van der Waals surface area contributed by atoms with Crippen LogP contribution in [0.2, 0.25) is 5.02 Å². The molecule has 2 aromatic rings. The van der Waals surface area contributed by atoms with Gasteiger partial charge in [0.15, 0.2) is 0 Å². The van der Waals surface area contributed by atoms with Gasteiger partial charge < -0.3 is 10.0 Å². The Morgan fingerprint density at radius 1 is 1.28 bits per heavy atom. The number of fused-ring (bicyclic) bond motifs is 4. The molecular formula is C21H21ClN2O. The fourth-order valence-electron chi connectivity index (χ4n) is 4.53. The SMILES string of the molecule is CCC1(O)CCC2=C1C=C1c3nc4cc(Cl)c(C)cc4cc3CN1C2. The molecule has 25 heavy (non-hydrogen) atoms. The lowest BCUT2D eigenvalue weighted by Gasteiger charge is -2.30. The minimum absolute atomic E-state index is 0.658. The molecule has 0 radical (unpaired) electrons. The van der Waals surface area contributed by atoms with Gasteiger partial charge in [0, 0.05) is 23.5 Å². The summed E-state index contributed by atoms with van der Waals surface area (Å²) in [6.07, 6.45) is 4.80. The Kier molecular flexibility index (Phi) is 3.14. The average molecular weight is 353 g/mol. The molecule has 1 atom stereocenters. The van der Waals surface area contributed by atoms with E-state index in [9.17, 15) is 5.11 Å². The highest BCUT2D eigenvalue weighted by Gasteiger charge is 2.41. The molecule has 0 saturated carbocycles. The number of halogens is 1. The quantitative estimate of drug-likeness (QED) is 0.815. The van der Waals surface area contributed by atoms with Crippen molar-refractivity contribution in [2.24, 2.45) is 0 Å². The summed E-state index contributed by atoms with van der Waals surface area (Å²) in [4.78, 5) is 7.33. The first-order chi connectivity index (χ1) is 12.0. The first kappa shape index (κ1) is 15.4. The highest BCUT2D eigenvalue weighted by atomic mass is 35.5. The lowest BCUT2D eigenvalue weighted by molar-refractivity contribution is 0.0786. The molecule has 3 nitrogen and oxygen atoms in total. The zero-order chi connectivity index (χ0) is 17.3. The minimum atomic E-state index is -0.658. The van der Waals surface area contributed by atoms with E-state index >= 15 is 0 Å². The highest BCUT2D eigenvalue weighted by Crippen LogP contribution is 2.46. The van der Waals surface area contributed by atoms with Crippen LogP contribution in [0.15, 0.2) is 35.4 Å². The largest absolute Gasteiger partial charge is 0.385 e. The topological polar surface area (TPSA) is 36.4 Å². The Morgan fingerprint density at radius 2 is 2.12 bits per heavy atom. The summed E-state index contributed by atoms with van der Waals surface area (Å²) in [5, 5.41) is 12.8. The highest BCUT2D eigenvalue weighted by molar-refractivity contribution is 6.32. The molecule has 0 fully saturated rings. The molecule has 1 unspecified atom stereocenters. The van der Waals surface area contributed by atoms with Crippen molar-refractivity contribution < 1.29 is 5.11 Å². The van der Waals surface area contributed by atoms with Gasteiger partial charge in [-0.2, -0.15) is 0 Å². The van der Waals surface area contributed by atoms with Gasteiger partial charge in [0.1, 0.15) is 0 Å². The molecule has 1 aromatic heterocycles. The zero-order valence-corrected chi connectivity index (χ0v) is 15.3. The van der Waals surface area contributed by atoms with Gasteiger partial charge in [-0.25, -0.2) is 4.98 Å². The van der Waals surface area contributed by atoms with Crippen molar-refractivity contribution in [1.82, 2.24) is 9.88 Å². The molecule has 0 saturated heterocycles. The van der Waals surface area contributed by atoms with Crippen molar-refractivity contribution >= 4 is 28.2 Å². The third-order valence-corrected chi connectivity index (χ3v) is 6.50. The van der Waals surface area contributed by atoms with Crippen LogP contribution in [0.5, 0.6) is 0 Å². The van der Waals surface area contributed by atoms with Gasteiger partial charge in [0.25, 0.3) is 0 Å². The Morgan fingerprint density at radius 3 is 2.92 bits per heavy atom. The maximum absolute atomic E-state index is 10.9. The summed E-state index contributed by atoms with van der Waals surface area (Å²) in [5.41, 5.74) is 7.36. The van der Waals surface area contributed by atoms with Gasteiger partial charge in [0.05, 0.1) is 22.5 Å². The van der Waals surface area contributed by atoms with Crippen molar-refractivity contribution in [3.05, 3.63) is 57.3 Å². The fraction of sp³-hybridized carbons (Fsp3) is 0.381. The third kappa shape index (κ3) is 2.12. The lowest BCUT2D eigenvalue weighted by Crippen LogP contribution is -2.29. The number of rotatable bonds is 1. The number of pyridine rings is 1. The number of benzene rings is 1. The van der Waals surface area contributed by atoms with E-state index in [4.69, 9.17) is 16.6 Å². The number of nitrogens with zero attached hydrogens (tertiary/aromatic N) is 2. The number of hydrogen-bond donors (Lipinski definition) is 1. The van der Waals surface area contributed by atoms with E-state index in [1.165, 1.54) is 11.1 Å². The molecule has 5 rings (SSSR count). The molecule has 0 amide bonds. The number of hydrogen-bond acceptors (Lipinski definition) is 3. The Balaban J connectivity index is 1.67. The zero-order valence-electron chi connectivity index (χ0n) is 14.6. The molecule has 0 spiro atoms. The van der Waals surface area contributed by atoms with Gasteiger partial charge in [-0.3, -0.25) is 0 Å². The summed E-state index contributed by atoms with van der Waals surface area (Å²) in [5.74, 6) is 0. The first-order valence-corrected chi connectivity index (χ1v) is 9.38. The van der Waals surface area contributed by atoms with Gasteiger partial charge >= 0.3 is 0 Å². The molecule has 1 aromatic carbocycles. The van der Waals surface area contributed by atoms with Crippen LogP contribution < -0.4 is 0 Å². The predicted molar refractivity (Wildman–Crippen MR) is 101 cm³/mol. The summed E-state index contributed by atoms with van der Waals surface area (Å²) in [6, 6.07) is 6.32. The van der Waals surface area contributed by atoms with Gasteiger partial charge in [-0.1, -0.05) is 18.5 Å². The molecular weight excluding hydrogens is 332 g/mol. The first-order valence-electron chi connectivity index (χ1n) is 9.00. The molecule has 0 bridgehead atoms. The van der Waals surface area contributed by atoms with Gasteiger partial charge in [0.2, 0.25) is 0 Å². The van der Waals surface area contributed by atoms with Gasteiger partial charge in [-0.05, 0) is 72.7 Å². The van der Waals surface area contributed by atoms with E-state index in [1.54, 1.807) is 0 Å². The van der Waals surface area contributed by atoms with Crippen molar-refractivity contribution in [3.63, 3.8) is 0 Å². The standard InChI is InChI=1S/C21H21ClN2O/c1-3-21(25)5-4-13-10-24-11-15-7-14-6-12(2)17(22)9-18(14)23-20(15)19(24)8-16(13)21/h6-9,25H,3-5,10-11H2,1-2H3. The minimum Gasteiger partial charge on any atom is -0.385 e. The Labute approximate surface area is 152 Å². The number of aryl methyl sites for hydroxylation is 1. The van der Waals surface area contributed by atoms with Crippen molar-refractivity contribution in [2.45, 2.75) is 45.3 Å². The van der Waals surface area contributed by atoms with Crippen LogP contribution in [0.3, 0.4) is 0 Å². The summed E-state index contributed by atoms with van der Waals surface area (Å²) in [6.45, 7) is 5.91. The van der Waals surface area contributed by atoms with Crippen LogP contribution in [-0.4, -0.2) is 27.1 Å². The van der Waals surface area contributed by atoms with Crippen LogP contribution in [0, 0.1) is 6.92 Å². The Hall–Kier alpha value is -1.84. The van der Waals surface area contributed by atoms with Crippen LogP contribution in [0.25, 0.3) is 16.6 Å². The Bertz CT molecular complexity index is 991. The van der Waals surface area contributed by atoms with E-state index < -0.39 is 5.60 Å². The molecule has 3 aliphatic rings. The maximum atomic E-state index is 10.9. The van der Waals surface area contributed by atoms with Gasteiger partial charge in [-0.15, -0.1) is 0 Å². The van der Waals surface area contributed by atoms with Crippen LogP contribution in [0.4, 0.5) is 0 Å². The van der Waals surface area contributed by atoms with E-state index in [-0.39, 0.29) is 0 Å². The van der Waals surface area contributed by atoms with E-state index in [2.05, 4.69) is 30.0 Å². The average Bonchev–Trinajstić information content (AvgIpc) is 3.10. The number of aromatic nitrogens is 1. The summed E-state index contributed by atoms with van der Waals surface area (Å²) in [7, 11) is 0. The normalized spacial score (nSPS) is 24.5. The van der Waals surface area contributed by atoms with E-state index in [1.807, 2.05) is 13.0 Å². The molecule has 128 valence electrons. The fourth-order valence-corrected chi connectivity index (χ4v) is 4.69. The number of aliphatic hydroxyl groups is 1. The molecule has 3 heterocycles. The van der Waals surface area contributed by atoms with Crippen molar-refractivity contribution in [1.29, 1.82) is 0 Å². The maximum Gasteiger partial charge on any atom is 0.0920 e. The molecule has 1 N–H and O–H groups in total. The van der Waals surface area contributed by atoms with E-state index in [0.29, 0.717) is 0 Å². The van der Waals surface area contributed by atoms with E-state index in [0.717, 1.165) is 70.8 Å². The van der Waals surface area contributed by atoms with Crippen molar-refractivity contribution in [2.75, 3.05) is 6.54 Å². The monoisotopic (exact) mass is 352 g/mol. The summed E-state index contributed by atoms with van der Waals surface area (Å²) < 4.78 is 0. The van der Waals surface area contributed by atoms with Crippen LogP contribution in [0.1, 0.15) is 43.0 Å². The second-order valence-corrected chi connectivity index (χ2v) is 7.99. The van der Waals surface area contributed by atoms with Crippen LogP contribution >= 0.6 is 11.6 Å². The molecule has 2 aliphatic heterocycles. The van der Waals surface area contributed by atoms with Crippen LogP contribution in [-0.2, 0) is 6.54 Å². The second-order valence-electron chi connectivity index (χ2n) is 7.58.